The molecule has 1 amide bonds. The van der Waals surface area contributed by atoms with Crippen LogP contribution < -0.4 is 16.0 Å². The van der Waals surface area contributed by atoms with Crippen molar-refractivity contribution in [1.82, 2.24) is 15.6 Å². The number of alkyl halides is 3. The Morgan fingerprint density at radius 3 is 2.45 bits per heavy atom. The van der Waals surface area contributed by atoms with Crippen molar-refractivity contribution in [3.05, 3.63) is 66.2 Å². The molecule has 3 aromatic rings. The number of benzene rings is 2. The first-order chi connectivity index (χ1) is 13.8. The van der Waals surface area contributed by atoms with Crippen LogP contribution in [0.3, 0.4) is 0 Å². The quantitative estimate of drug-likeness (QED) is 0.203. The number of aromatic nitrogens is 1. The molecular weight excluding hydrogens is 471 g/mol. The summed E-state index contributed by atoms with van der Waals surface area (Å²) < 4.78 is -0.828. The SMILES string of the molecule is O=C(C=Cc1ccccc1)NC(NC(=S)Nc1nc2ccccc2s1)C(Cl)(Cl)Cl. The number of hydrogen-bond donors (Lipinski definition) is 3. The highest BCUT2D eigenvalue weighted by Crippen LogP contribution is 2.29. The fraction of sp³-hybridized carbons (Fsp3) is 0.105. The first-order valence-corrected chi connectivity index (χ1v) is 10.7. The van der Waals surface area contributed by atoms with Gasteiger partial charge in [0.25, 0.3) is 0 Å². The van der Waals surface area contributed by atoms with Gasteiger partial charge in [0.1, 0.15) is 6.17 Å². The van der Waals surface area contributed by atoms with Gasteiger partial charge in [0.05, 0.1) is 10.2 Å². The molecule has 29 heavy (non-hydrogen) atoms. The number of anilines is 1. The lowest BCUT2D eigenvalue weighted by atomic mass is 10.2. The molecule has 1 unspecified atom stereocenters. The molecule has 0 radical (unpaired) electrons. The van der Waals surface area contributed by atoms with Crippen molar-refractivity contribution >= 4 is 90.8 Å². The zero-order chi connectivity index (χ0) is 20.9. The smallest absolute Gasteiger partial charge is 0.245 e. The van der Waals surface area contributed by atoms with Gasteiger partial charge < -0.3 is 16.0 Å². The molecule has 0 spiro atoms. The van der Waals surface area contributed by atoms with Crippen LogP contribution in [-0.4, -0.2) is 26.0 Å². The predicted molar refractivity (Wildman–Crippen MR) is 127 cm³/mol. The zero-order valence-electron chi connectivity index (χ0n) is 14.7. The van der Waals surface area contributed by atoms with Crippen LogP contribution >= 0.6 is 58.4 Å². The Hall–Kier alpha value is -1.90. The number of thiazole rings is 1. The van der Waals surface area contributed by atoms with E-state index in [-0.39, 0.29) is 5.11 Å². The van der Waals surface area contributed by atoms with Crippen LogP contribution in [0.4, 0.5) is 5.13 Å². The minimum atomic E-state index is -1.84. The molecule has 1 atom stereocenters. The highest BCUT2D eigenvalue weighted by atomic mass is 35.6. The topological polar surface area (TPSA) is 66.1 Å². The molecule has 3 N–H and O–H groups in total. The summed E-state index contributed by atoms with van der Waals surface area (Å²) in [6, 6.07) is 17.0. The average molecular weight is 486 g/mol. The zero-order valence-corrected chi connectivity index (χ0v) is 18.6. The van der Waals surface area contributed by atoms with Gasteiger partial charge in [-0.3, -0.25) is 4.79 Å². The highest BCUT2D eigenvalue weighted by molar-refractivity contribution is 7.80. The molecule has 3 rings (SSSR count). The fourth-order valence-corrected chi connectivity index (χ4v) is 3.79. The molecule has 0 aliphatic rings. The lowest BCUT2D eigenvalue weighted by Crippen LogP contribution is -2.55. The van der Waals surface area contributed by atoms with Crippen molar-refractivity contribution in [1.29, 1.82) is 0 Å². The van der Waals surface area contributed by atoms with E-state index >= 15 is 0 Å². The number of amides is 1. The lowest BCUT2D eigenvalue weighted by molar-refractivity contribution is -0.117. The number of carbonyl (C=O) groups excluding carboxylic acids is 1. The summed E-state index contributed by atoms with van der Waals surface area (Å²) in [4.78, 5) is 16.7. The minimum absolute atomic E-state index is 0.160. The van der Waals surface area contributed by atoms with Gasteiger partial charge in [-0.15, -0.1) is 0 Å². The number of nitrogens with zero attached hydrogens (tertiary/aromatic N) is 1. The number of hydrogen-bond acceptors (Lipinski definition) is 4. The maximum atomic E-state index is 12.2. The summed E-state index contributed by atoms with van der Waals surface area (Å²) in [5.74, 6) is -0.444. The van der Waals surface area contributed by atoms with Crippen molar-refractivity contribution in [2.75, 3.05) is 5.32 Å². The molecule has 0 saturated heterocycles. The van der Waals surface area contributed by atoms with Crippen LogP contribution in [0.1, 0.15) is 5.56 Å². The molecule has 150 valence electrons. The Kier molecular flexibility index (Phi) is 7.32. The van der Waals surface area contributed by atoms with Gasteiger partial charge in [-0.25, -0.2) is 4.98 Å². The monoisotopic (exact) mass is 484 g/mol. The third-order valence-electron chi connectivity index (χ3n) is 3.63. The first kappa shape index (κ1) is 21.8. The van der Waals surface area contributed by atoms with Crippen LogP contribution in [0.2, 0.25) is 0 Å². The second-order valence-electron chi connectivity index (χ2n) is 5.81. The predicted octanol–water partition coefficient (Wildman–Crippen LogP) is 5.11. The summed E-state index contributed by atoms with van der Waals surface area (Å²) in [7, 11) is 0. The van der Waals surface area contributed by atoms with Crippen molar-refractivity contribution in [3.8, 4) is 0 Å². The van der Waals surface area contributed by atoms with Gasteiger partial charge in [0, 0.05) is 6.08 Å². The molecule has 2 aromatic carbocycles. The Morgan fingerprint density at radius 1 is 1.07 bits per heavy atom. The summed E-state index contributed by atoms with van der Waals surface area (Å²) in [6.45, 7) is 0. The molecule has 1 heterocycles. The first-order valence-electron chi connectivity index (χ1n) is 8.35. The van der Waals surface area contributed by atoms with Gasteiger partial charge in [-0.1, -0.05) is 88.6 Å². The average Bonchev–Trinajstić information content (AvgIpc) is 3.08. The molecule has 0 bridgehead atoms. The molecular formula is C19H15Cl3N4OS2. The van der Waals surface area contributed by atoms with Crippen molar-refractivity contribution in [2.24, 2.45) is 0 Å². The standard InChI is InChI=1S/C19H15Cl3N4OS2/c20-19(21,22)16(24-15(27)11-10-12-6-2-1-3-7-12)25-17(28)26-18-23-13-8-4-5-9-14(13)29-18/h1-11,16H,(H,24,27)(H2,23,25,26,28). The molecule has 0 saturated carbocycles. The summed E-state index contributed by atoms with van der Waals surface area (Å²) in [6.07, 6.45) is 1.95. The fourth-order valence-electron chi connectivity index (χ4n) is 2.32. The minimum Gasteiger partial charge on any atom is -0.339 e. The van der Waals surface area contributed by atoms with E-state index in [9.17, 15) is 4.79 Å². The van der Waals surface area contributed by atoms with Crippen LogP contribution in [0.5, 0.6) is 0 Å². The van der Waals surface area contributed by atoms with Crippen LogP contribution in [0.25, 0.3) is 16.3 Å². The maximum absolute atomic E-state index is 12.2. The second kappa shape index (κ2) is 9.73. The molecule has 0 fully saturated rings. The largest absolute Gasteiger partial charge is 0.339 e. The van der Waals surface area contributed by atoms with E-state index in [2.05, 4.69) is 20.9 Å². The van der Waals surface area contributed by atoms with E-state index < -0.39 is 15.9 Å². The number of rotatable bonds is 5. The number of carbonyl (C=O) groups is 1. The summed E-state index contributed by atoms with van der Waals surface area (Å²) >= 11 is 24.7. The Morgan fingerprint density at radius 2 is 1.76 bits per heavy atom. The molecule has 0 aliphatic heterocycles. The van der Waals surface area contributed by atoms with E-state index in [0.29, 0.717) is 5.13 Å². The van der Waals surface area contributed by atoms with Crippen molar-refractivity contribution in [2.45, 2.75) is 9.96 Å². The van der Waals surface area contributed by atoms with Gasteiger partial charge in [-0.2, -0.15) is 0 Å². The van der Waals surface area contributed by atoms with E-state index in [4.69, 9.17) is 47.0 Å². The molecule has 10 heteroatoms. The van der Waals surface area contributed by atoms with Gasteiger partial charge in [0.2, 0.25) is 9.70 Å². The summed E-state index contributed by atoms with van der Waals surface area (Å²) in [5.41, 5.74) is 1.72. The lowest BCUT2D eigenvalue weighted by Gasteiger charge is -2.27. The van der Waals surface area contributed by atoms with Gasteiger partial charge >= 0.3 is 0 Å². The Labute approximate surface area is 192 Å². The van der Waals surface area contributed by atoms with E-state index in [1.807, 2.05) is 54.6 Å². The molecule has 0 aliphatic carbocycles. The van der Waals surface area contributed by atoms with Crippen LogP contribution in [0, 0.1) is 0 Å². The Balaban J connectivity index is 1.63. The normalized spacial score (nSPS) is 12.7. The number of thiocarbonyl (C=S) groups is 1. The highest BCUT2D eigenvalue weighted by Gasteiger charge is 2.34. The third-order valence-corrected chi connectivity index (χ3v) is 5.46. The van der Waals surface area contributed by atoms with Gasteiger partial charge in [0.15, 0.2) is 10.2 Å². The van der Waals surface area contributed by atoms with E-state index in [0.717, 1.165) is 15.8 Å². The number of nitrogens with one attached hydrogen (secondary N) is 3. The number of para-hydroxylation sites is 1. The van der Waals surface area contributed by atoms with Crippen molar-refractivity contribution in [3.63, 3.8) is 0 Å². The third kappa shape index (κ3) is 6.55. The van der Waals surface area contributed by atoms with Crippen LogP contribution in [0.15, 0.2) is 60.7 Å². The molecule has 1 aromatic heterocycles. The maximum Gasteiger partial charge on any atom is 0.245 e. The van der Waals surface area contributed by atoms with E-state index in [1.165, 1.54) is 17.4 Å². The van der Waals surface area contributed by atoms with E-state index in [1.54, 1.807) is 6.08 Å². The van der Waals surface area contributed by atoms with Gasteiger partial charge in [-0.05, 0) is 36.0 Å². The number of halogens is 3. The van der Waals surface area contributed by atoms with Crippen molar-refractivity contribution < 1.29 is 4.79 Å². The second-order valence-corrected chi connectivity index (χ2v) is 9.62. The number of fused-ring (bicyclic) bond motifs is 1. The molecule has 5 nitrogen and oxygen atoms in total. The Bertz CT molecular complexity index is 1000. The summed E-state index contributed by atoms with van der Waals surface area (Å²) in [5, 5.41) is 9.09. The van der Waals surface area contributed by atoms with Crippen LogP contribution in [-0.2, 0) is 4.79 Å².